The van der Waals surface area contributed by atoms with Gasteiger partial charge in [-0.15, -0.1) is 11.3 Å². The Morgan fingerprint density at radius 3 is 3.20 bits per heavy atom. The number of thiophene rings is 1. The summed E-state index contributed by atoms with van der Waals surface area (Å²) >= 11 is 4.04. The van der Waals surface area contributed by atoms with E-state index in [9.17, 15) is 0 Å². The second-order valence-electron chi connectivity index (χ2n) is 3.10. The first-order chi connectivity index (χ1) is 7.34. The number of halogens is 1. The summed E-state index contributed by atoms with van der Waals surface area (Å²) in [6.45, 7) is 0. The van der Waals surface area contributed by atoms with E-state index in [2.05, 4.69) is 56.6 Å². The molecule has 1 aliphatic rings. The van der Waals surface area contributed by atoms with Crippen LogP contribution in [0.25, 0.3) is 16.2 Å². The molecule has 1 aromatic heterocycles. The van der Waals surface area contributed by atoms with Gasteiger partial charge in [-0.2, -0.15) is 4.99 Å². The zero-order valence-electron chi connectivity index (χ0n) is 7.57. The number of hydrogen-bond acceptors (Lipinski definition) is 3. The van der Waals surface area contributed by atoms with Crippen LogP contribution in [-0.2, 0) is 0 Å². The molecular formula is C11H5IN2S. The Hall–Kier alpha value is -0.970. The zero-order chi connectivity index (χ0) is 10.3. The van der Waals surface area contributed by atoms with Crippen molar-refractivity contribution < 1.29 is 0 Å². The van der Waals surface area contributed by atoms with Crippen molar-refractivity contribution in [3.05, 3.63) is 26.6 Å². The maximum absolute atomic E-state index is 4.34. The summed E-state index contributed by atoms with van der Waals surface area (Å²) in [6, 6.07) is 6.40. The highest BCUT2D eigenvalue weighted by Crippen LogP contribution is 2.39. The molecule has 0 saturated carbocycles. The van der Waals surface area contributed by atoms with Gasteiger partial charge in [0.25, 0.3) is 0 Å². The molecule has 0 unspecified atom stereocenters. The maximum atomic E-state index is 4.34. The third-order valence-corrected chi connectivity index (χ3v) is 3.94. The molecule has 1 aromatic carbocycles. The van der Waals surface area contributed by atoms with Crippen molar-refractivity contribution in [2.75, 3.05) is 0 Å². The zero-order valence-corrected chi connectivity index (χ0v) is 10.5. The van der Waals surface area contributed by atoms with Gasteiger partial charge in [-0.1, -0.05) is 0 Å². The third-order valence-electron chi connectivity index (χ3n) is 2.16. The number of fused-ring (bicyclic) bond motifs is 3. The van der Waals surface area contributed by atoms with Gasteiger partial charge in [0.2, 0.25) is 0 Å². The highest BCUT2D eigenvalue weighted by atomic mass is 127. The first kappa shape index (κ1) is 9.27. The number of benzene rings is 1. The minimum atomic E-state index is 1.02. The van der Waals surface area contributed by atoms with Crippen LogP contribution in [0.4, 0.5) is 5.69 Å². The second kappa shape index (κ2) is 3.56. The molecule has 0 amide bonds. The summed E-state index contributed by atoms with van der Waals surface area (Å²) in [5.41, 5.74) is 1.02. The normalized spacial score (nSPS) is 13.1. The fraction of sp³-hybridized carbons (Fsp3) is 0. The average molecular weight is 324 g/mol. The Morgan fingerprint density at radius 1 is 1.33 bits per heavy atom. The SMILES string of the molecule is Ic1ccc2sc3c(c2c1)N=CN=C=C3. The van der Waals surface area contributed by atoms with Gasteiger partial charge >= 0.3 is 0 Å². The van der Waals surface area contributed by atoms with Crippen molar-refractivity contribution >= 4 is 68.0 Å². The standard InChI is InChI=1S/C11H5IN2S/c12-7-1-2-9-8(5-7)11-10(15-9)3-4-13-6-14-11/h1-3,5-6H. The number of aliphatic imine (C=N–C) groups is 2. The smallest absolute Gasteiger partial charge is 0.126 e. The molecule has 1 aliphatic heterocycles. The van der Waals surface area contributed by atoms with Crippen molar-refractivity contribution in [2.24, 2.45) is 9.98 Å². The molecule has 72 valence electrons. The first-order valence-corrected chi connectivity index (χ1v) is 6.27. The highest BCUT2D eigenvalue weighted by Gasteiger charge is 2.10. The quantitative estimate of drug-likeness (QED) is 0.658. The van der Waals surface area contributed by atoms with E-state index < -0.39 is 0 Å². The second-order valence-corrected chi connectivity index (χ2v) is 5.43. The number of rotatable bonds is 0. The molecule has 0 fully saturated rings. The summed E-state index contributed by atoms with van der Waals surface area (Å²) < 4.78 is 2.49. The van der Waals surface area contributed by atoms with Crippen LogP contribution in [-0.4, -0.2) is 12.2 Å². The van der Waals surface area contributed by atoms with Gasteiger partial charge in [-0.05, 0) is 46.7 Å². The van der Waals surface area contributed by atoms with Crippen molar-refractivity contribution in [1.29, 1.82) is 0 Å². The lowest BCUT2D eigenvalue weighted by Crippen LogP contribution is -1.69. The fourth-order valence-electron chi connectivity index (χ4n) is 1.52. The lowest BCUT2D eigenvalue weighted by Gasteiger charge is -1.93. The van der Waals surface area contributed by atoms with Crippen molar-refractivity contribution in [3.63, 3.8) is 0 Å². The van der Waals surface area contributed by atoms with Crippen LogP contribution in [0, 0.1) is 3.57 Å². The predicted molar refractivity (Wildman–Crippen MR) is 74.6 cm³/mol. The van der Waals surface area contributed by atoms with E-state index in [1.54, 1.807) is 17.7 Å². The van der Waals surface area contributed by atoms with Crippen molar-refractivity contribution in [2.45, 2.75) is 0 Å². The highest BCUT2D eigenvalue weighted by molar-refractivity contribution is 14.1. The molecule has 0 bridgehead atoms. The summed E-state index contributed by atoms with van der Waals surface area (Å²) in [6.07, 6.45) is 3.44. The molecule has 2 nitrogen and oxygen atoms in total. The molecule has 0 aliphatic carbocycles. The van der Waals surface area contributed by atoms with Gasteiger partial charge in [-0.25, -0.2) is 4.99 Å². The average Bonchev–Trinajstić information content (AvgIpc) is 2.44. The monoisotopic (exact) mass is 324 g/mol. The molecule has 0 radical (unpaired) electrons. The first-order valence-electron chi connectivity index (χ1n) is 4.38. The summed E-state index contributed by atoms with van der Waals surface area (Å²) in [4.78, 5) is 9.36. The molecule has 0 atom stereocenters. The van der Waals surface area contributed by atoms with Crippen molar-refractivity contribution in [3.8, 4) is 0 Å². The van der Waals surface area contributed by atoms with Gasteiger partial charge < -0.3 is 0 Å². The Kier molecular flexibility index (Phi) is 2.20. The molecule has 4 heteroatoms. The van der Waals surface area contributed by atoms with Gasteiger partial charge in [-0.3, -0.25) is 0 Å². The van der Waals surface area contributed by atoms with E-state index in [0.29, 0.717) is 0 Å². The van der Waals surface area contributed by atoms with E-state index in [-0.39, 0.29) is 0 Å². The van der Waals surface area contributed by atoms with Crippen LogP contribution in [0.5, 0.6) is 0 Å². The Morgan fingerprint density at radius 2 is 2.27 bits per heavy atom. The van der Waals surface area contributed by atoms with Gasteiger partial charge in [0, 0.05) is 19.7 Å². The topological polar surface area (TPSA) is 24.7 Å². The largest absolute Gasteiger partial charge is 0.234 e. The maximum Gasteiger partial charge on any atom is 0.126 e. The van der Waals surface area contributed by atoms with Crippen LogP contribution >= 0.6 is 33.9 Å². The third kappa shape index (κ3) is 1.55. The molecule has 0 N–H and O–H groups in total. The van der Waals surface area contributed by atoms with Gasteiger partial charge in [0.15, 0.2) is 0 Å². The lowest BCUT2D eigenvalue weighted by molar-refractivity contribution is 1.59. The van der Waals surface area contributed by atoms with Crippen LogP contribution in [0.1, 0.15) is 4.88 Å². The number of hydrogen-bond donors (Lipinski definition) is 0. The summed E-state index contributed by atoms with van der Waals surface area (Å²) in [5, 5.41) is 1.20. The summed E-state index contributed by atoms with van der Waals surface area (Å²) in [5.74, 6) is 2.84. The van der Waals surface area contributed by atoms with Crippen LogP contribution in [0.2, 0.25) is 0 Å². The Bertz CT molecular complexity index is 633. The van der Waals surface area contributed by atoms with E-state index >= 15 is 0 Å². The van der Waals surface area contributed by atoms with Gasteiger partial charge in [0.1, 0.15) is 6.34 Å². The van der Waals surface area contributed by atoms with Crippen LogP contribution in [0.15, 0.2) is 28.2 Å². The molecule has 3 rings (SSSR count). The molecule has 15 heavy (non-hydrogen) atoms. The number of nitrogens with zero attached hydrogens (tertiary/aromatic N) is 2. The summed E-state index contributed by atoms with van der Waals surface area (Å²) in [7, 11) is 0. The Labute approximate surface area is 104 Å². The predicted octanol–water partition coefficient (Wildman–Crippen LogP) is 3.86. The molecule has 2 heterocycles. The fourth-order valence-corrected chi connectivity index (χ4v) is 3.02. The van der Waals surface area contributed by atoms with E-state index in [4.69, 9.17) is 0 Å². The molecule has 2 aromatic rings. The van der Waals surface area contributed by atoms with Crippen LogP contribution < -0.4 is 0 Å². The van der Waals surface area contributed by atoms with Crippen LogP contribution in [0.3, 0.4) is 0 Å². The molecular weight excluding hydrogens is 319 g/mol. The Balaban J connectivity index is 2.43. The van der Waals surface area contributed by atoms with E-state index in [1.807, 2.05) is 6.08 Å². The van der Waals surface area contributed by atoms with E-state index in [1.165, 1.54) is 13.7 Å². The molecule has 0 spiro atoms. The minimum absolute atomic E-state index is 1.02. The molecule has 0 saturated heterocycles. The minimum Gasteiger partial charge on any atom is -0.234 e. The van der Waals surface area contributed by atoms with Crippen molar-refractivity contribution in [1.82, 2.24) is 0 Å². The lowest BCUT2D eigenvalue weighted by atomic mass is 10.2. The van der Waals surface area contributed by atoms with Gasteiger partial charge in [0.05, 0.1) is 10.6 Å². The van der Waals surface area contributed by atoms with E-state index in [0.717, 1.165) is 10.6 Å².